The first kappa shape index (κ1) is 17.0. The summed E-state index contributed by atoms with van der Waals surface area (Å²) < 4.78 is 26.5. The first-order valence-electron chi connectivity index (χ1n) is 7.85. The number of sulfonamides is 1. The van der Waals surface area contributed by atoms with Crippen LogP contribution in [0.3, 0.4) is 0 Å². The second kappa shape index (κ2) is 6.94. The van der Waals surface area contributed by atoms with Crippen LogP contribution in [-0.2, 0) is 10.0 Å². The van der Waals surface area contributed by atoms with E-state index >= 15 is 0 Å². The molecule has 3 aromatic rings. The lowest BCUT2D eigenvalue weighted by molar-refractivity contribution is 0.584. The van der Waals surface area contributed by atoms with Crippen LogP contribution in [0, 0.1) is 6.92 Å². The zero-order valence-electron chi connectivity index (χ0n) is 14.0. The van der Waals surface area contributed by atoms with Crippen molar-refractivity contribution in [3.05, 3.63) is 71.9 Å². The van der Waals surface area contributed by atoms with Gasteiger partial charge < -0.3 is 4.57 Å². The molecule has 2 aromatic carbocycles. The van der Waals surface area contributed by atoms with Crippen LogP contribution >= 0.6 is 0 Å². The van der Waals surface area contributed by atoms with E-state index in [1.54, 1.807) is 24.3 Å². The molecule has 0 radical (unpaired) electrons. The molecule has 0 aliphatic heterocycles. The summed E-state index contributed by atoms with van der Waals surface area (Å²) >= 11 is 0. The molecule has 0 fully saturated rings. The average Bonchev–Trinajstić information content (AvgIpc) is 2.93. The summed E-state index contributed by atoms with van der Waals surface area (Å²) in [6, 6.07) is 16.5. The SMILES string of the molecule is CC=Cn1c(C=NNS(=O)(=O)c2ccc(C)cc2)cc2ccccc21. The normalized spacial score (nSPS) is 12.4. The largest absolute Gasteiger partial charge is 0.315 e. The van der Waals surface area contributed by atoms with Gasteiger partial charge in [0.25, 0.3) is 10.0 Å². The predicted molar refractivity (Wildman–Crippen MR) is 102 cm³/mol. The van der Waals surface area contributed by atoms with E-state index in [1.807, 2.05) is 61.0 Å². The molecular formula is C19H19N3O2S. The molecule has 0 unspecified atom stereocenters. The van der Waals surface area contributed by atoms with Crippen molar-refractivity contribution in [1.82, 2.24) is 9.40 Å². The van der Waals surface area contributed by atoms with Gasteiger partial charge in [0.05, 0.1) is 22.3 Å². The van der Waals surface area contributed by atoms with Crippen LogP contribution in [0.15, 0.2) is 70.7 Å². The van der Waals surface area contributed by atoms with E-state index in [0.717, 1.165) is 22.2 Å². The fourth-order valence-electron chi connectivity index (χ4n) is 2.54. The van der Waals surface area contributed by atoms with Gasteiger partial charge in [-0.1, -0.05) is 42.0 Å². The molecule has 0 spiro atoms. The van der Waals surface area contributed by atoms with Crippen LogP contribution in [0.4, 0.5) is 0 Å². The van der Waals surface area contributed by atoms with Gasteiger partial charge in [0, 0.05) is 11.6 Å². The van der Waals surface area contributed by atoms with Gasteiger partial charge in [-0.05, 0) is 38.1 Å². The van der Waals surface area contributed by atoms with E-state index < -0.39 is 10.0 Å². The zero-order valence-corrected chi connectivity index (χ0v) is 14.9. The van der Waals surface area contributed by atoms with E-state index in [9.17, 15) is 8.42 Å². The minimum absolute atomic E-state index is 0.184. The molecule has 0 amide bonds. The number of aryl methyl sites for hydroxylation is 1. The Hall–Kier alpha value is -2.86. The highest BCUT2D eigenvalue weighted by Gasteiger charge is 2.12. The zero-order chi connectivity index (χ0) is 17.9. The number of hydrogen-bond acceptors (Lipinski definition) is 3. The Kier molecular flexibility index (Phi) is 4.72. The number of allylic oxidation sites excluding steroid dienone is 1. The second-order valence-corrected chi connectivity index (χ2v) is 7.31. The molecular weight excluding hydrogens is 334 g/mol. The summed E-state index contributed by atoms with van der Waals surface area (Å²) in [4.78, 5) is 2.45. The van der Waals surface area contributed by atoms with Crippen LogP contribution in [0.2, 0.25) is 0 Å². The van der Waals surface area contributed by atoms with Gasteiger partial charge >= 0.3 is 0 Å². The number of nitrogens with one attached hydrogen (secondary N) is 1. The molecule has 128 valence electrons. The Bertz CT molecular complexity index is 1050. The van der Waals surface area contributed by atoms with Crippen LogP contribution in [0.25, 0.3) is 17.1 Å². The van der Waals surface area contributed by atoms with E-state index in [1.165, 1.54) is 6.21 Å². The van der Waals surface area contributed by atoms with Crippen molar-refractivity contribution in [1.29, 1.82) is 0 Å². The highest BCUT2D eigenvalue weighted by molar-refractivity contribution is 7.89. The second-order valence-electron chi connectivity index (χ2n) is 5.65. The van der Waals surface area contributed by atoms with E-state index in [2.05, 4.69) is 9.93 Å². The van der Waals surface area contributed by atoms with Gasteiger partial charge in [-0.25, -0.2) is 4.83 Å². The van der Waals surface area contributed by atoms with E-state index in [4.69, 9.17) is 0 Å². The molecule has 5 nitrogen and oxygen atoms in total. The Morgan fingerprint density at radius 3 is 2.52 bits per heavy atom. The van der Waals surface area contributed by atoms with Gasteiger partial charge in [-0.15, -0.1) is 0 Å². The maximum Gasteiger partial charge on any atom is 0.276 e. The van der Waals surface area contributed by atoms with Crippen LogP contribution in [-0.4, -0.2) is 19.2 Å². The molecule has 6 heteroatoms. The number of para-hydroxylation sites is 1. The Balaban J connectivity index is 1.88. The monoisotopic (exact) mass is 353 g/mol. The summed E-state index contributed by atoms with van der Waals surface area (Å²) in [7, 11) is -3.68. The number of nitrogens with zero attached hydrogens (tertiary/aromatic N) is 2. The molecule has 1 heterocycles. The van der Waals surface area contributed by atoms with Gasteiger partial charge in [-0.2, -0.15) is 13.5 Å². The van der Waals surface area contributed by atoms with Crippen LogP contribution < -0.4 is 4.83 Å². The molecule has 0 aliphatic carbocycles. The van der Waals surface area contributed by atoms with Crippen molar-refractivity contribution >= 4 is 33.3 Å². The summed E-state index contributed by atoms with van der Waals surface area (Å²) in [5.74, 6) is 0. The van der Waals surface area contributed by atoms with Crippen LogP contribution in [0.1, 0.15) is 18.2 Å². The summed E-state index contributed by atoms with van der Waals surface area (Å²) in [6.45, 7) is 3.83. The van der Waals surface area contributed by atoms with Crippen molar-refractivity contribution in [3.63, 3.8) is 0 Å². The molecule has 0 saturated heterocycles. The highest BCUT2D eigenvalue weighted by Crippen LogP contribution is 2.19. The quantitative estimate of drug-likeness (QED) is 0.561. The summed E-state index contributed by atoms with van der Waals surface area (Å²) in [6.07, 6.45) is 5.34. The van der Waals surface area contributed by atoms with Gasteiger partial charge in [0.15, 0.2) is 0 Å². The highest BCUT2D eigenvalue weighted by atomic mass is 32.2. The smallest absolute Gasteiger partial charge is 0.276 e. The minimum atomic E-state index is -3.68. The topological polar surface area (TPSA) is 63.5 Å². The minimum Gasteiger partial charge on any atom is -0.315 e. The third-order valence-corrected chi connectivity index (χ3v) is 5.02. The predicted octanol–water partition coefficient (Wildman–Crippen LogP) is 3.75. The maximum atomic E-state index is 12.3. The van der Waals surface area contributed by atoms with E-state index in [0.29, 0.717) is 0 Å². The van der Waals surface area contributed by atoms with Gasteiger partial charge in [0.1, 0.15) is 0 Å². The number of rotatable bonds is 5. The lowest BCUT2D eigenvalue weighted by Crippen LogP contribution is -2.18. The first-order valence-corrected chi connectivity index (χ1v) is 9.34. The first-order chi connectivity index (χ1) is 12.0. The molecule has 3 rings (SSSR count). The van der Waals surface area contributed by atoms with Gasteiger partial charge in [-0.3, -0.25) is 0 Å². The fourth-order valence-corrected chi connectivity index (χ4v) is 3.34. The average molecular weight is 353 g/mol. The van der Waals surface area contributed by atoms with E-state index in [-0.39, 0.29) is 4.90 Å². The van der Waals surface area contributed by atoms with Crippen molar-refractivity contribution in [2.75, 3.05) is 0 Å². The molecule has 1 aromatic heterocycles. The van der Waals surface area contributed by atoms with Gasteiger partial charge in [0.2, 0.25) is 0 Å². The lowest BCUT2D eigenvalue weighted by Gasteiger charge is -2.04. The Morgan fingerprint density at radius 1 is 1.08 bits per heavy atom. The third kappa shape index (κ3) is 3.64. The lowest BCUT2D eigenvalue weighted by atomic mass is 10.2. The molecule has 0 aliphatic rings. The molecule has 0 saturated carbocycles. The Morgan fingerprint density at radius 2 is 1.80 bits per heavy atom. The standard InChI is InChI=1S/C19H19N3O2S/c1-3-12-22-17(13-16-6-4-5-7-19(16)22)14-20-21-25(23,24)18-10-8-15(2)9-11-18/h3-14,21H,1-2H3. The molecule has 0 bridgehead atoms. The van der Waals surface area contributed by atoms with Crippen molar-refractivity contribution in [2.45, 2.75) is 18.7 Å². The molecule has 1 N–H and O–H groups in total. The van der Waals surface area contributed by atoms with Crippen LogP contribution in [0.5, 0.6) is 0 Å². The summed E-state index contributed by atoms with van der Waals surface area (Å²) in [5, 5.41) is 4.99. The Labute approximate surface area is 147 Å². The molecule has 25 heavy (non-hydrogen) atoms. The fraction of sp³-hybridized carbons (Fsp3) is 0.105. The molecule has 0 atom stereocenters. The third-order valence-electron chi connectivity index (χ3n) is 3.78. The van der Waals surface area contributed by atoms with Crippen molar-refractivity contribution in [3.8, 4) is 0 Å². The number of hydrazone groups is 1. The number of aromatic nitrogens is 1. The number of benzene rings is 2. The summed E-state index contributed by atoms with van der Waals surface area (Å²) in [5.41, 5.74) is 2.81. The number of hydrogen-bond donors (Lipinski definition) is 1. The van der Waals surface area contributed by atoms with Crippen molar-refractivity contribution < 1.29 is 8.42 Å². The number of fused-ring (bicyclic) bond motifs is 1. The maximum absolute atomic E-state index is 12.3. The van der Waals surface area contributed by atoms with Crippen molar-refractivity contribution in [2.24, 2.45) is 5.10 Å².